The number of amides is 1. The van der Waals surface area contributed by atoms with Gasteiger partial charge in [-0.05, 0) is 42.7 Å². The predicted molar refractivity (Wildman–Crippen MR) is 77.9 cm³/mol. The molecular weight excluding hydrogens is 306 g/mol. The van der Waals surface area contributed by atoms with Crippen molar-refractivity contribution in [3.63, 3.8) is 0 Å². The van der Waals surface area contributed by atoms with Gasteiger partial charge in [0.1, 0.15) is 11.6 Å². The molecule has 1 aliphatic carbocycles. The molecule has 0 aliphatic heterocycles. The van der Waals surface area contributed by atoms with Crippen LogP contribution in [0.5, 0.6) is 0 Å². The second kappa shape index (κ2) is 6.36. The van der Waals surface area contributed by atoms with Crippen molar-refractivity contribution in [1.29, 1.82) is 0 Å². The predicted octanol–water partition coefficient (Wildman–Crippen LogP) is 2.24. The molecule has 1 atom stereocenters. The van der Waals surface area contributed by atoms with E-state index in [1.54, 1.807) is 0 Å². The third-order valence-electron chi connectivity index (χ3n) is 4.06. The molecule has 1 amide bonds. The number of aromatic nitrogens is 1. The second-order valence-corrected chi connectivity index (χ2v) is 5.82. The van der Waals surface area contributed by atoms with Crippen LogP contribution in [-0.4, -0.2) is 17.6 Å². The first-order chi connectivity index (χ1) is 11.0. The Labute approximate surface area is 130 Å². The summed E-state index contributed by atoms with van der Waals surface area (Å²) in [5.41, 5.74) is -0.0481. The topological polar surface area (TPSA) is 75.1 Å². The number of carbonyl (C=O) groups excluding carboxylic acids is 1. The Morgan fingerprint density at radius 2 is 2.13 bits per heavy atom. The number of nitrogens with one attached hydrogen (secondary N) is 2. The summed E-state index contributed by atoms with van der Waals surface area (Å²) >= 11 is 0. The molecule has 0 saturated heterocycles. The first kappa shape index (κ1) is 15.5. The van der Waals surface area contributed by atoms with Gasteiger partial charge in [0, 0.05) is 12.6 Å². The van der Waals surface area contributed by atoms with Crippen LogP contribution in [0.1, 0.15) is 29.0 Å². The fourth-order valence-electron chi connectivity index (χ4n) is 2.65. The third kappa shape index (κ3) is 3.85. The molecule has 5 nitrogen and oxygen atoms in total. The van der Waals surface area contributed by atoms with E-state index in [2.05, 4.69) is 5.32 Å². The van der Waals surface area contributed by atoms with Gasteiger partial charge in [-0.3, -0.25) is 9.59 Å². The highest BCUT2D eigenvalue weighted by molar-refractivity contribution is 5.91. The molecule has 1 aromatic carbocycles. The fourth-order valence-corrected chi connectivity index (χ4v) is 2.65. The number of rotatable bonds is 6. The van der Waals surface area contributed by atoms with E-state index in [-0.39, 0.29) is 11.7 Å². The Hall–Kier alpha value is -2.44. The number of aromatic amines is 1. The summed E-state index contributed by atoms with van der Waals surface area (Å²) < 4.78 is 31.5. The van der Waals surface area contributed by atoms with Gasteiger partial charge in [-0.1, -0.05) is 6.07 Å². The molecular formula is C16H16F2N2O3. The zero-order valence-electron chi connectivity index (χ0n) is 12.3. The number of carbonyl (C=O) groups is 1. The SMILES string of the molecule is O=C(NCC(Cc1ccc(F)cc1F)C1CC1)c1cc(=O)[nH]o1. The van der Waals surface area contributed by atoms with Crippen molar-refractivity contribution in [3.05, 3.63) is 57.6 Å². The van der Waals surface area contributed by atoms with E-state index in [1.807, 2.05) is 5.16 Å². The largest absolute Gasteiger partial charge is 0.373 e. The molecule has 1 aliphatic rings. The van der Waals surface area contributed by atoms with Crippen molar-refractivity contribution >= 4 is 5.91 Å². The van der Waals surface area contributed by atoms with Crippen LogP contribution in [0.25, 0.3) is 0 Å². The quantitative estimate of drug-likeness (QED) is 0.856. The average Bonchev–Trinajstić information content (AvgIpc) is 3.26. The van der Waals surface area contributed by atoms with Crippen LogP contribution in [0.15, 0.2) is 33.6 Å². The van der Waals surface area contributed by atoms with E-state index < -0.39 is 23.1 Å². The van der Waals surface area contributed by atoms with E-state index in [1.165, 1.54) is 12.1 Å². The molecule has 0 bridgehead atoms. The smallest absolute Gasteiger partial charge is 0.289 e. The third-order valence-corrected chi connectivity index (χ3v) is 4.06. The van der Waals surface area contributed by atoms with Gasteiger partial charge >= 0.3 is 0 Å². The summed E-state index contributed by atoms with van der Waals surface area (Å²) in [6.45, 7) is 0.342. The molecule has 1 aromatic heterocycles. The van der Waals surface area contributed by atoms with E-state index in [4.69, 9.17) is 4.52 Å². The number of H-pyrrole nitrogens is 1. The highest BCUT2D eigenvalue weighted by atomic mass is 19.1. The molecule has 3 rings (SSSR count). The van der Waals surface area contributed by atoms with E-state index in [9.17, 15) is 18.4 Å². The summed E-state index contributed by atoms with van der Waals surface area (Å²) in [6, 6.07) is 4.61. The number of hydrogen-bond acceptors (Lipinski definition) is 3. The van der Waals surface area contributed by atoms with Crippen LogP contribution >= 0.6 is 0 Å². The summed E-state index contributed by atoms with van der Waals surface area (Å²) in [5, 5.41) is 4.75. The van der Waals surface area contributed by atoms with Crippen LogP contribution in [0.3, 0.4) is 0 Å². The molecule has 2 aromatic rings. The molecule has 0 spiro atoms. The normalized spacial score (nSPS) is 15.4. The Balaban J connectivity index is 1.63. The molecule has 23 heavy (non-hydrogen) atoms. The summed E-state index contributed by atoms with van der Waals surface area (Å²) in [4.78, 5) is 22.8. The molecule has 122 valence electrons. The first-order valence-electron chi connectivity index (χ1n) is 7.43. The number of benzene rings is 1. The van der Waals surface area contributed by atoms with E-state index in [0.717, 1.165) is 25.0 Å². The maximum atomic E-state index is 13.8. The standard InChI is InChI=1S/C16H16F2N2O3/c17-12-4-3-10(13(18)6-12)5-11(9-1-2-9)8-19-16(22)14-7-15(21)20-23-14/h3-4,6-7,9,11H,1-2,5,8H2,(H,19,22)(H,20,21). The highest BCUT2D eigenvalue weighted by Crippen LogP contribution is 2.38. The van der Waals surface area contributed by atoms with Crippen molar-refractivity contribution in [2.24, 2.45) is 11.8 Å². The molecule has 0 radical (unpaired) electrons. The summed E-state index contributed by atoms with van der Waals surface area (Å²) in [5.74, 6) is -1.28. The number of halogens is 2. The van der Waals surface area contributed by atoms with Crippen LogP contribution in [0.4, 0.5) is 8.78 Å². The minimum atomic E-state index is -0.606. The lowest BCUT2D eigenvalue weighted by Crippen LogP contribution is -2.31. The van der Waals surface area contributed by atoms with Gasteiger partial charge in [0.2, 0.25) is 5.76 Å². The van der Waals surface area contributed by atoms with Crippen LogP contribution in [0.2, 0.25) is 0 Å². The maximum absolute atomic E-state index is 13.8. The lowest BCUT2D eigenvalue weighted by molar-refractivity contribution is 0.0908. The van der Waals surface area contributed by atoms with E-state index >= 15 is 0 Å². The highest BCUT2D eigenvalue weighted by Gasteiger charge is 2.32. The van der Waals surface area contributed by atoms with Crippen LogP contribution < -0.4 is 10.9 Å². The van der Waals surface area contributed by atoms with Gasteiger partial charge < -0.3 is 9.84 Å². The Morgan fingerprint density at radius 1 is 1.35 bits per heavy atom. The van der Waals surface area contributed by atoms with E-state index in [0.29, 0.717) is 24.4 Å². The van der Waals surface area contributed by atoms with Crippen LogP contribution in [0, 0.1) is 23.5 Å². The monoisotopic (exact) mass is 322 g/mol. The van der Waals surface area contributed by atoms with Crippen molar-refractivity contribution in [1.82, 2.24) is 10.5 Å². The molecule has 1 fully saturated rings. The second-order valence-electron chi connectivity index (χ2n) is 5.82. The fraction of sp³-hybridized carbons (Fsp3) is 0.375. The first-order valence-corrected chi connectivity index (χ1v) is 7.43. The minimum absolute atomic E-state index is 0.0598. The zero-order chi connectivity index (χ0) is 16.4. The molecule has 1 unspecified atom stereocenters. The lowest BCUT2D eigenvalue weighted by Gasteiger charge is -2.17. The van der Waals surface area contributed by atoms with Gasteiger partial charge in [-0.25, -0.2) is 8.78 Å². The van der Waals surface area contributed by atoms with Crippen molar-refractivity contribution in [2.45, 2.75) is 19.3 Å². The molecule has 1 saturated carbocycles. The van der Waals surface area contributed by atoms with Gasteiger partial charge in [-0.2, -0.15) is 5.16 Å². The van der Waals surface area contributed by atoms with Gasteiger partial charge in [0.25, 0.3) is 11.5 Å². The van der Waals surface area contributed by atoms with Gasteiger partial charge in [0.15, 0.2) is 0 Å². The molecule has 1 heterocycles. The van der Waals surface area contributed by atoms with Gasteiger partial charge in [-0.15, -0.1) is 0 Å². The van der Waals surface area contributed by atoms with Crippen molar-refractivity contribution in [3.8, 4) is 0 Å². The number of hydrogen-bond donors (Lipinski definition) is 2. The maximum Gasteiger partial charge on any atom is 0.289 e. The summed E-state index contributed by atoms with van der Waals surface area (Å²) in [7, 11) is 0. The van der Waals surface area contributed by atoms with Crippen molar-refractivity contribution in [2.75, 3.05) is 6.54 Å². The Bertz CT molecular complexity index is 765. The Morgan fingerprint density at radius 3 is 2.74 bits per heavy atom. The lowest BCUT2D eigenvalue weighted by atomic mass is 9.94. The van der Waals surface area contributed by atoms with Crippen LogP contribution in [-0.2, 0) is 6.42 Å². The van der Waals surface area contributed by atoms with Gasteiger partial charge in [0.05, 0.1) is 6.07 Å². The zero-order valence-corrected chi connectivity index (χ0v) is 12.3. The Kier molecular flexibility index (Phi) is 4.27. The molecule has 7 heteroatoms. The van der Waals surface area contributed by atoms with Crippen molar-refractivity contribution < 1.29 is 18.1 Å². The average molecular weight is 322 g/mol. The minimum Gasteiger partial charge on any atom is -0.373 e. The molecule has 2 N–H and O–H groups in total. The summed E-state index contributed by atoms with van der Waals surface area (Å²) in [6.07, 6.45) is 2.49.